The number of ether oxygens (including phenoxy) is 2. The Labute approximate surface area is 373 Å². The van der Waals surface area contributed by atoms with Crippen molar-refractivity contribution in [3.8, 4) is 11.5 Å². The Morgan fingerprint density at radius 3 is 2.52 bits per heavy atom. The molecule has 4 heterocycles. The SMILES string of the molecule is CC1(C)CCC(CN2CCN(c3ccc(C(=O)NS(=O)(=O)c4ccc(NCC5CCOCC5)c([N+](=O)[O-])c4)c(Oc4cnc5[nH]ccc5c4)c3)CC2)=C(c2ccc(C(F)(F)F)c(F)c2)C1. The second-order valence-electron chi connectivity index (χ2n) is 17.6. The minimum absolute atomic E-state index is 0.0383. The number of hydrogen-bond acceptors (Lipinski definition) is 11. The molecule has 2 fully saturated rings. The van der Waals surface area contributed by atoms with Crippen LogP contribution < -0.4 is 19.7 Å². The molecule has 1 aliphatic carbocycles. The zero-order valence-corrected chi connectivity index (χ0v) is 36.7. The van der Waals surface area contributed by atoms with Gasteiger partial charge in [-0.1, -0.05) is 25.5 Å². The normalized spacial score (nSPS) is 17.6. The van der Waals surface area contributed by atoms with Crippen molar-refractivity contribution in [2.24, 2.45) is 11.3 Å². The Morgan fingerprint density at radius 1 is 1.03 bits per heavy atom. The first-order valence-corrected chi connectivity index (χ1v) is 22.9. The lowest BCUT2D eigenvalue weighted by molar-refractivity contribution is -0.384. The van der Waals surface area contributed by atoms with Crippen molar-refractivity contribution in [3.63, 3.8) is 0 Å². The van der Waals surface area contributed by atoms with E-state index >= 15 is 0 Å². The maximum absolute atomic E-state index is 14.8. The summed E-state index contributed by atoms with van der Waals surface area (Å²) in [7, 11) is -4.62. The predicted molar refractivity (Wildman–Crippen MR) is 237 cm³/mol. The molecule has 8 rings (SSSR count). The highest BCUT2D eigenvalue weighted by atomic mass is 32.2. The predicted octanol–water partition coefficient (Wildman–Crippen LogP) is 9.16. The number of aromatic amines is 1. The molecule has 3 aliphatic rings. The number of alkyl halides is 3. The van der Waals surface area contributed by atoms with Crippen molar-refractivity contribution >= 4 is 49.6 Å². The first-order valence-electron chi connectivity index (χ1n) is 21.4. The zero-order chi connectivity index (χ0) is 46.1. The molecular formula is C46H49F4N7O7S. The Kier molecular flexibility index (Phi) is 12.9. The summed E-state index contributed by atoms with van der Waals surface area (Å²) in [5.74, 6) is -1.76. The monoisotopic (exact) mass is 919 g/mol. The van der Waals surface area contributed by atoms with Crippen LogP contribution in [0.1, 0.15) is 67.4 Å². The molecule has 3 N–H and O–H groups in total. The molecule has 0 radical (unpaired) electrons. The van der Waals surface area contributed by atoms with Crippen molar-refractivity contribution in [1.29, 1.82) is 0 Å². The van der Waals surface area contributed by atoms with Gasteiger partial charge in [0.2, 0.25) is 0 Å². The molecule has 0 saturated carbocycles. The number of benzene rings is 3. The smallest absolute Gasteiger partial charge is 0.419 e. The summed E-state index contributed by atoms with van der Waals surface area (Å²) in [6.07, 6.45) is 2.19. The lowest BCUT2D eigenvalue weighted by Gasteiger charge is -2.39. The number of sulfonamides is 1. The number of piperazine rings is 1. The molecule has 0 spiro atoms. The number of nitro groups is 1. The number of aromatic nitrogens is 2. The molecule has 0 bridgehead atoms. The summed E-state index contributed by atoms with van der Waals surface area (Å²) >= 11 is 0. The van der Waals surface area contributed by atoms with Gasteiger partial charge in [-0.2, -0.15) is 13.2 Å². The molecule has 3 aromatic carbocycles. The molecular weight excluding hydrogens is 871 g/mol. The number of nitrogens with one attached hydrogen (secondary N) is 3. The summed E-state index contributed by atoms with van der Waals surface area (Å²) in [5, 5.41) is 15.9. The van der Waals surface area contributed by atoms with E-state index < -0.39 is 49.0 Å². The highest BCUT2D eigenvalue weighted by molar-refractivity contribution is 7.90. The second-order valence-corrected chi connectivity index (χ2v) is 19.2. The van der Waals surface area contributed by atoms with Crippen LogP contribution in [0, 0.1) is 27.3 Å². The van der Waals surface area contributed by atoms with Crippen LogP contribution in [-0.4, -0.2) is 86.6 Å². The number of nitro benzene ring substituents is 1. The third-order valence-corrected chi connectivity index (χ3v) is 13.7. The molecule has 2 aromatic heterocycles. The minimum atomic E-state index is -4.79. The Hall–Kier alpha value is -6.05. The number of anilines is 2. The molecule has 65 heavy (non-hydrogen) atoms. The van der Waals surface area contributed by atoms with Gasteiger partial charge in [-0.05, 0) is 103 Å². The molecule has 0 unspecified atom stereocenters. The van der Waals surface area contributed by atoms with Crippen molar-refractivity contribution in [2.75, 3.05) is 62.7 Å². The molecule has 2 saturated heterocycles. The first kappa shape index (κ1) is 45.5. The van der Waals surface area contributed by atoms with Crippen LogP contribution in [0.25, 0.3) is 16.6 Å². The summed E-state index contributed by atoms with van der Waals surface area (Å²) < 4.78 is 96.0. The van der Waals surface area contributed by atoms with Gasteiger partial charge in [-0.25, -0.2) is 22.5 Å². The van der Waals surface area contributed by atoms with Crippen LogP contribution in [0.2, 0.25) is 0 Å². The number of H-pyrrole nitrogens is 1. The van der Waals surface area contributed by atoms with Crippen molar-refractivity contribution in [3.05, 3.63) is 117 Å². The summed E-state index contributed by atoms with van der Waals surface area (Å²) in [6, 6.07) is 14.9. The number of fused-ring (bicyclic) bond motifs is 1. The highest BCUT2D eigenvalue weighted by Crippen LogP contribution is 2.44. The van der Waals surface area contributed by atoms with Crippen LogP contribution >= 0.6 is 0 Å². The Morgan fingerprint density at radius 2 is 1.80 bits per heavy atom. The van der Waals surface area contributed by atoms with Crippen LogP contribution in [0.4, 0.5) is 34.6 Å². The summed E-state index contributed by atoms with van der Waals surface area (Å²) in [5.41, 5.74) is 1.88. The van der Waals surface area contributed by atoms with E-state index in [0.717, 1.165) is 60.4 Å². The van der Waals surface area contributed by atoms with Crippen LogP contribution in [0.3, 0.4) is 0 Å². The highest BCUT2D eigenvalue weighted by Gasteiger charge is 2.36. The third-order valence-electron chi connectivity index (χ3n) is 12.4. The van der Waals surface area contributed by atoms with E-state index in [4.69, 9.17) is 9.47 Å². The van der Waals surface area contributed by atoms with E-state index in [1.165, 1.54) is 30.5 Å². The van der Waals surface area contributed by atoms with Crippen LogP contribution in [0.5, 0.6) is 11.5 Å². The lowest BCUT2D eigenvalue weighted by Crippen LogP contribution is -2.47. The number of allylic oxidation sites excluding steroid dienone is 1. The Balaban J connectivity index is 1.00. The number of pyridine rings is 1. The maximum atomic E-state index is 14.8. The molecule has 14 nitrogen and oxygen atoms in total. The van der Waals surface area contributed by atoms with E-state index in [9.17, 15) is 40.9 Å². The number of carbonyl (C=O) groups is 1. The van der Waals surface area contributed by atoms with Gasteiger partial charge in [-0.3, -0.25) is 19.8 Å². The number of carbonyl (C=O) groups excluding carboxylic acids is 1. The largest absolute Gasteiger partial charge is 0.455 e. The van der Waals surface area contributed by atoms with E-state index in [1.807, 2.05) is 0 Å². The molecule has 2 aliphatic heterocycles. The standard InChI is InChI=1S/C46H49F4N7O7S/c1-45(2)13-9-32(37(25-45)30-3-7-38(39(47)22-30)46(48,49)50)28-55-15-17-56(18-16-55)33-4-6-36(42(23-33)64-34-21-31-10-14-51-43(31)53-27-34)44(58)54-65(61,62)35-5-8-40(41(24-35)57(59)60)52-26-29-11-19-63-20-12-29/h3-8,10,14,21-24,27,29,52H,9,11-13,15-20,25-26,28H2,1-2H3,(H,51,53)(H,54,58). The molecule has 1 amide bonds. The van der Waals surface area contributed by atoms with E-state index in [2.05, 4.69) is 43.7 Å². The quantitative estimate of drug-likeness (QED) is 0.0584. The second kappa shape index (κ2) is 18.4. The zero-order valence-electron chi connectivity index (χ0n) is 35.8. The third kappa shape index (κ3) is 10.6. The van der Waals surface area contributed by atoms with Crippen LogP contribution in [-0.2, 0) is 20.9 Å². The summed E-state index contributed by atoms with van der Waals surface area (Å²) in [4.78, 5) is 36.6. The fourth-order valence-corrected chi connectivity index (χ4v) is 9.67. The van der Waals surface area contributed by atoms with Crippen molar-refractivity contribution in [2.45, 2.75) is 57.0 Å². The molecule has 344 valence electrons. The lowest BCUT2D eigenvalue weighted by atomic mass is 9.72. The number of nitrogens with zero attached hydrogens (tertiary/aromatic N) is 4. The number of halogens is 4. The fourth-order valence-electron chi connectivity index (χ4n) is 8.68. The van der Waals surface area contributed by atoms with Crippen LogP contribution in [0.15, 0.2) is 89.6 Å². The van der Waals surface area contributed by atoms with Gasteiger partial charge < -0.3 is 24.7 Å². The first-order chi connectivity index (χ1) is 30.9. The molecule has 19 heteroatoms. The average molecular weight is 920 g/mol. The molecule has 0 atom stereocenters. The van der Waals surface area contributed by atoms with Gasteiger partial charge in [0.05, 0.1) is 27.1 Å². The van der Waals surface area contributed by atoms with Gasteiger partial charge in [-0.15, -0.1) is 0 Å². The van der Waals surface area contributed by atoms with Gasteiger partial charge in [0.1, 0.15) is 28.7 Å². The number of rotatable bonds is 13. The molecule has 5 aromatic rings. The van der Waals surface area contributed by atoms with E-state index in [-0.39, 0.29) is 34.1 Å². The number of hydrogen-bond donors (Lipinski definition) is 3. The van der Waals surface area contributed by atoms with Gasteiger partial charge in [0, 0.05) is 81.9 Å². The van der Waals surface area contributed by atoms with Gasteiger partial charge in [0.15, 0.2) is 0 Å². The van der Waals surface area contributed by atoms with Crippen molar-refractivity contribution in [1.82, 2.24) is 19.6 Å². The van der Waals surface area contributed by atoms with Gasteiger partial charge >= 0.3 is 6.18 Å². The van der Waals surface area contributed by atoms with Gasteiger partial charge in [0.25, 0.3) is 21.6 Å². The number of amides is 1. The topological polar surface area (TPSA) is 172 Å². The average Bonchev–Trinajstić information content (AvgIpc) is 3.74. The fraction of sp³-hybridized carbons (Fsp3) is 0.391. The van der Waals surface area contributed by atoms with Crippen molar-refractivity contribution < 1.29 is 45.2 Å². The Bertz CT molecular complexity index is 2750. The van der Waals surface area contributed by atoms with E-state index in [1.54, 1.807) is 30.5 Å². The summed E-state index contributed by atoms with van der Waals surface area (Å²) in [6.45, 7) is 8.75. The maximum Gasteiger partial charge on any atom is 0.419 e. The van der Waals surface area contributed by atoms with E-state index in [0.29, 0.717) is 75.8 Å². The minimum Gasteiger partial charge on any atom is -0.455 e.